The van der Waals surface area contributed by atoms with Crippen molar-refractivity contribution in [2.75, 3.05) is 4.72 Å². The third-order valence-corrected chi connectivity index (χ3v) is 4.41. The maximum atomic E-state index is 12.3. The lowest BCUT2D eigenvalue weighted by molar-refractivity contribution is 0.0696. The fraction of sp³-hybridized carbons (Fsp3) is 0.231. The van der Waals surface area contributed by atoms with Gasteiger partial charge in [0.25, 0.3) is 10.0 Å². The predicted molar refractivity (Wildman–Crippen MR) is 74.9 cm³/mol. The van der Waals surface area contributed by atoms with Crippen molar-refractivity contribution >= 4 is 21.8 Å². The summed E-state index contributed by atoms with van der Waals surface area (Å²) >= 11 is 0. The molecule has 0 bridgehead atoms. The van der Waals surface area contributed by atoms with Crippen LogP contribution in [-0.4, -0.2) is 24.7 Å². The molecule has 0 aliphatic heterocycles. The second-order valence-corrected chi connectivity index (χ2v) is 6.32. The minimum absolute atomic E-state index is 0.0457. The molecule has 0 aliphatic rings. The Labute approximate surface area is 121 Å². The first kappa shape index (κ1) is 15.0. The average Bonchev–Trinajstić information content (AvgIpc) is 2.72. The summed E-state index contributed by atoms with van der Waals surface area (Å²) in [5.41, 5.74) is 0.888. The summed E-state index contributed by atoms with van der Waals surface area (Å²) in [5.74, 6) is -0.676. The maximum Gasteiger partial charge on any atom is 0.335 e. The van der Waals surface area contributed by atoms with E-state index in [9.17, 15) is 13.2 Å². The molecule has 112 valence electrons. The Morgan fingerprint density at radius 1 is 1.19 bits per heavy atom. The van der Waals surface area contributed by atoms with E-state index in [1.165, 1.54) is 12.1 Å². The molecule has 2 N–H and O–H groups in total. The zero-order valence-corrected chi connectivity index (χ0v) is 12.5. The van der Waals surface area contributed by atoms with Crippen LogP contribution in [-0.2, 0) is 10.0 Å². The molecule has 0 radical (unpaired) electrons. The van der Waals surface area contributed by atoms with Crippen LogP contribution in [0.15, 0.2) is 27.6 Å². The fourth-order valence-corrected chi connectivity index (χ4v) is 3.20. The summed E-state index contributed by atoms with van der Waals surface area (Å²) in [7, 11) is -3.94. The third kappa shape index (κ3) is 3.05. The normalized spacial score (nSPS) is 11.4. The summed E-state index contributed by atoms with van der Waals surface area (Å²) in [6.45, 7) is 4.84. The number of hydrogen-bond donors (Lipinski definition) is 2. The van der Waals surface area contributed by atoms with Crippen molar-refractivity contribution in [1.82, 2.24) is 5.16 Å². The summed E-state index contributed by atoms with van der Waals surface area (Å²) in [6.07, 6.45) is 0. The second kappa shape index (κ2) is 5.21. The Kier molecular flexibility index (Phi) is 3.73. The highest BCUT2D eigenvalue weighted by Gasteiger charge is 2.21. The quantitative estimate of drug-likeness (QED) is 0.895. The zero-order valence-electron chi connectivity index (χ0n) is 11.7. The van der Waals surface area contributed by atoms with Gasteiger partial charge >= 0.3 is 5.97 Å². The first-order chi connectivity index (χ1) is 9.70. The van der Waals surface area contributed by atoms with Gasteiger partial charge in [0.05, 0.1) is 10.5 Å². The van der Waals surface area contributed by atoms with Gasteiger partial charge in [0.1, 0.15) is 5.76 Å². The van der Waals surface area contributed by atoms with Gasteiger partial charge in [-0.2, -0.15) is 0 Å². The SMILES string of the molecule is Cc1cc(NS(=O)(=O)c2cc(C(=O)O)c(C)cc2C)no1. The van der Waals surface area contributed by atoms with Crippen molar-refractivity contribution in [3.63, 3.8) is 0 Å². The van der Waals surface area contributed by atoms with Gasteiger partial charge in [-0.3, -0.25) is 4.72 Å². The predicted octanol–water partition coefficient (Wildman–Crippen LogP) is 2.10. The molecule has 0 amide bonds. The van der Waals surface area contributed by atoms with Gasteiger partial charge < -0.3 is 9.63 Å². The van der Waals surface area contributed by atoms with Crippen molar-refractivity contribution in [2.24, 2.45) is 0 Å². The highest BCUT2D eigenvalue weighted by atomic mass is 32.2. The molecule has 0 unspecified atom stereocenters. The molecule has 1 aromatic heterocycles. The van der Waals surface area contributed by atoms with Gasteiger partial charge in [-0.1, -0.05) is 11.2 Å². The molecule has 1 aromatic carbocycles. The van der Waals surface area contributed by atoms with Crippen LogP contribution in [0.1, 0.15) is 27.2 Å². The minimum Gasteiger partial charge on any atom is -0.478 e. The van der Waals surface area contributed by atoms with E-state index in [1.54, 1.807) is 20.8 Å². The van der Waals surface area contributed by atoms with Gasteiger partial charge in [0.2, 0.25) is 0 Å². The molecule has 8 heteroatoms. The molecule has 0 saturated heterocycles. The first-order valence-electron chi connectivity index (χ1n) is 6.01. The Morgan fingerprint density at radius 3 is 2.38 bits per heavy atom. The van der Waals surface area contributed by atoms with Crippen LogP contribution in [0, 0.1) is 20.8 Å². The zero-order chi connectivity index (χ0) is 15.8. The molecule has 0 atom stereocenters. The highest BCUT2D eigenvalue weighted by molar-refractivity contribution is 7.92. The molecule has 21 heavy (non-hydrogen) atoms. The summed E-state index contributed by atoms with van der Waals surface area (Å²) in [6, 6.07) is 4.09. The number of carbonyl (C=O) groups is 1. The van der Waals surface area contributed by atoms with E-state index >= 15 is 0 Å². The fourth-order valence-electron chi connectivity index (χ4n) is 1.96. The molecule has 0 spiro atoms. The van der Waals surface area contributed by atoms with E-state index < -0.39 is 16.0 Å². The lowest BCUT2D eigenvalue weighted by atomic mass is 10.1. The van der Waals surface area contributed by atoms with Gasteiger partial charge in [-0.25, -0.2) is 13.2 Å². The molecule has 0 saturated carbocycles. The number of aromatic carboxylic acids is 1. The summed E-state index contributed by atoms with van der Waals surface area (Å²) in [4.78, 5) is 11.0. The Morgan fingerprint density at radius 2 is 1.86 bits per heavy atom. The number of sulfonamides is 1. The van der Waals surface area contributed by atoms with Crippen LogP contribution < -0.4 is 4.72 Å². The summed E-state index contributed by atoms with van der Waals surface area (Å²) < 4.78 is 31.7. The van der Waals surface area contributed by atoms with Gasteiger partial charge in [0, 0.05) is 6.07 Å². The van der Waals surface area contributed by atoms with Crippen molar-refractivity contribution < 1.29 is 22.8 Å². The number of benzene rings is 1. The maximum absolute atomic E-state index is 12.3. The van der Waals surface area contributed by atoms with Crippen LogP contribution in [0.4, 0.5) is 5.82 Å². The van der Waals surface area contributed by atoms with Crippen LogP contribution in [0.3, 0.4) is 0 Å². The van der Waals surface area contributed by atoms with E-state index in [-0.39, 0.29) is 16.3 Å². The molecule has 0 aliphatic carbocycles. The molecular weight excluding hydrogens is 296 g/mol. The molecule has 1 heterocycles. The summed E-state index contributed by atoms with van der Waals surface area (Å²) in [5, 5.41) is 12.6. The number of nitrogens with one attached hydrogen (secondary N) is 1. The minimum atomic E-state index is -3.94. The van der Waals surface area contributed by atoms with E-state index in [0.717, 1.165) is 6.07 Å². The van der Waals surface area contributed by atoms with Gasteiger partial charge in [-0.15, -0.1) is 0 Å². The third-order valence-electron chi connectivity index (χ3n) is 2.91. The number of nitrogens with zero attached hydrogens (tertiary/aromatic N) is 1. The van der Waals surface area contributed by atoms with Crippen molar-refractivity contribution in [3.8, 4) is 0 Å². The Bertz CT molecular complexity index is 808. The average molecular weight is 310 g/mol. The Balaban J connectivity index is 2.49. The number of aromatic nitrogens is 1. The highest BCUT2D eigenvalue weighted by Crippen LogP contribution is 2.23. The smallest absolute Gasteiger partial charge is 0.335 e. The van der Waals surface area contributed by atoms with E-state index in [1.807, 2.05) is 0 Å². The molecule has 7 nitrogen and oxygen atoms in total. The lowest BCUT2D eigenvalue weighted by Crippen LogP contribution is -2.16. The number of hydrogen-bond acceptors (Lipinski definition) is 5. The second-order valence-electron chi connectivity index (χ2n) is 4.67. The molecule has 0 fully saturated rings. The standard InChI is InChI=1S/C13H14N2O5S/c1-7-4-8(2)11(6-10(7)13(16)17)21(18,19)15-12-5-9(3)20-14-12/h4-6H,1-3H3,(H,14,15)(H,16,17). The molecule has 2 aromatic rings. The number of aryl methyl sites for hydroxylation is 3. The van der Waals surface area contributed by atoms with Crippen LogP contribution in [0.25, 0.3) is 0 Å². The van der Waals surface area contributed by atoms with Gasteiger partial charge in [0.15, 0.2) is 5.82 Å². The van der Waals surface area contributed by atoms with Crippen LogP contribution in [0.2, 0.25) is 0 Å². The van der Waals surface area contributed by atoms with Crippen molar-refractivity contribution in [1.29, 1.82) is 0 Å². The molecular formula is C13H14N2O5S. The van der Waals surface area contributed by atoms with E-state index in [0.29, 0.717) is 16.9 Å². The van der Waals surface area contributed by atoms with Crippen LogP contribution >= 0.6 is 0 Å². The topological polar surface area (TPSA) is 110 Å². The van der Waals surface area contributed by atoms with Crippen molar-refractivity contribution in [3.05, 3.63) is 40.6 Å². The van der Waals surface area contributed by atoms with E-state index in [2.05, 4.69) is 9.88 Å². The number of anilines is 1. The first-order valence-corrected chi connectivity index (χ1v) is 7.49. The van der Waals surface area contributed by atoms with Crippen LogP contribution in [0.5, 0.6) is 0 Å². The number of carboxylic acid groups (broad SMARTS) is 1. The lowest BCUT2D eigenvalue weighted by Gasteiger charge is -2.11. The monoisotopic (exact) mass is 310 g/mol. The Hall–Kier alpha value is -2.35. The number of rotatable bonds is 4. The number of carboxylic acids is 1. The molecule has 2 rings (SSSR count). The van der Waals surface area contributed by atoms with E-state index in [4.69, 9.17) is 9.63 Å². The largest absolute Gasteiger partial charge is 0.478 e. The van der Waals surface area contributed by atoms with Crippen molar-refractivity contribution in [2.45, 2.75) is 25.7 Å². The van der Waals surface area contributed by atoms with Gasteiger partial charge in [-0.05, 0) is 38.0 Å².